The summed E-state index contributed by atoms with van der Waals surface area (Å²) in [6, 6.07) is 7.91. The van der Waals surface area contributed by atoms with Crippen molar-refractivity contribution < 1.29 is 14.7 Å². The van der Waals surface area contributed by atoms with Crippen molar-refractivity contribution in [2.45, 2.75) is 13.0 Å². The van der Waals surface area contributed by atoms with Crippen LogP contribution in [0.2, 0.25) is 0 Å². The summed E-state index contributed by atoms with van der Waals surface area (Å²) in [5, 5.41) is 19.5. The lowest BCUT2D eigenvalue weighted by Crippen LogP contribution is -2.21. The number of benzene rings is 1. The largest absolute Gasteiger partial charge is 0.478 e. The molecular weight excluding hydrogens is 208 g/mol. The normalized spacial score (nSPS) is 9.19. The highest BCUT2D eigenvalue weighted by atomic mass is 16.4. The third kappa shape index (κ3) is 3.42. The standard InChI is InChI=1S/C11H10N2O3/c12-6-5-10(14)13-7-8-1-3-9(4-2-8)11(15)16/h1-4H,5,7H2,(H,13,14)(H,15,16). The second-order valence-corrected chi connectivity index (χ2v) is 3.11. The summed E-state index contributed by atoms with van der Waals surface area (Å²) in [5.74, 6) is -1.33. The van der Waals surface area contributed by atoms with Crippen molar-refractivity contribution in [2.24, 2.45) is 0 Å². The lowest BCUT2D eigenvalue weighted by Gasteiger charge is -2.03. The molecule has 0 spiro atoms. The second-order valence-electron chi connectivity index (χ2n) is 3.11. The van der Waals surface area contributed by atoms with Gasteiger partial charge in [-0.15, -0.1) is 0 Å². The number of amides is 1. The average molecular weight is 218 g/mol. The zero-order valence-corrected chi connectivity index (χ0v) is 8.43. The molecule has 1 aromatic carbocycles. The number of aromatic carboxylic acids is 1. The molecule has 0 aliphatic carbocycles. The van der Waals surface area contributed by atoms with E-state index in [4.69, 9.17) is 10.4 Å². The molecule has 5 heteroatoms. The smallest absolute Gasteiger partial charge is 0.335 e. The SMILES string of the molecule is N#CCC(=O)NCc1ccc(C(=O)O)cc1. The fourth-order valence-electron chi connectivity index (χ4n) is 1.10. The Morgan fingerprint density at radius 2 is 1.94 bits per heavy atom. The molecule has 0 aliphatic rings. The number of carbonyl (C=O) groups excluding carboxylic acids is 1. The van der Waals surface area contributed by atoms with Gasteiger partial charge in [0, 0.05) is 6.54 Å². The molecule has 0 unspecified atom stereocenters. The van der Waals surface area contributed by atoms with E-state index in [1.54, 1.807) is 18.2 Å². The third-order valence-electron chi connectivity index (χ3n) is 1.93. The third-order valence-corrected chi connectivity index (χ3v) is 1.93. The van der Waals surface area contributed by atoms with E-state index < -0.39 is 5.97 Å². The van der Waals surface area contributed by atoms with E-state index in [1.165, 1.54) is 12.1 Å². The number of carboxylic acid groups (broad SMARTS) is 1. The molecule has 0 aromatic heterocycles. The number of nitrogens with one attached hydrogen (secondary N) is 1. The van der Waals surface area contributed by atoms with Crippen LogP contribution in [0.4, 0.5) is 0 Å². The van der Waals surface area contributed by atoms with Gasteiger partial charge in [-0.3, -0.25) is 4.79 Å². The summed E-state index contributed by atoms with van der Waals surface area (Å²) in [6.45, 7) is 0.292. The molecular formula is C11H10N2O3. The molecule has 5 nitrogen and oxygen atoms in total. The number of hydrogen-bond donors (Lipinski definition) is 2. The molecule has 0 heterocycles. The van der Waals surface area contributed by atoms with E-state index in [0.29, 0.717) is 6.54 Å². The number of carbonyl (C=O) groups is 2. The van der Waals surface area contributed by atoms with Crippen LogP contribution in [0.15, 0.2) is 24.3 Å². The molecule has 0 saturated heterocycles. The van der Waals surface area contributed by atoms with Crippen molar-refractivity contribution in [1.82, 2.24) is 5.32 Å². The van der Waals surface area contributed by atoms with E-state index in [-0.39, 0.29) is 17.9 Å². The second kappa shape index (κ2) is 5.51. The Kier molecular flexibility index (Phi) is 4.04. The predicted molar refractivity (Wildman–Crippen MR) is 55.5 cm³/mol. The van der Waals surface area contributed by atoms with Crippen molar-refractivity contribution in [1.29, 1.82) is 5.26 Å². The maximum Gasteiger partial charge on any atom is 0.335 e. The first-order chi connectivity index (χ1) is 7.63. The van der Waals surface area contributed by atoms with Gasteiger partial charge in [0.05, 0.1) is 11.6 Å². The van der Waals surface area contributed by atoms with Crippen molar-refractivity contribution in [3.63, 3.8) is 0 Å². The maximum atomic E-state index is 11.0. The van der Waals surface area contributed by atoms with Crippen LogP contribution in [0.3, 0.4) is 0 Å². The fraction of sp³-hybridized carbons (Fsp3) is 0.182. The molecule has 1 amide bonds. The van der Waals surface area contributed by atoms with Gasteiger partial charge in [0.2, 0.25) is 5.91 Å². The van der Waals surface area contributed by atoms with E-state index in [9.17, 15) is 9.59 Å². The summed E-state index contributed by atoms with van der Waals surface area (Å²) < 4.78 is 0. The molecule has 1 rings (SSSR count). The molecule has 2 N–H and O–H groups in total. The highest BCUT2D eigenvalue weighted by Crippen LogP contribution is 2.04. The Bertz CT molecular complexity index is 432. The van der Waals surface area contributed by atoms with Gasteiger partial charge in [-0.1, -0.05) is 12.1 Å². The summed E-state index contributed by atoms with van der Waals surface area (Å²) in [5.41, 5.74) is 0.989. The van der Waals surface area contributed by atoms with E-state index in [0.717, 1.165) is 5.56 Å². The first kappa shape index (κ1) is 11.7. The van der Waals surface area contributed by atoms with Crippen LogP contribution in [-0.4, -0.2) is 17.0 Å². The quantitative estimate of drug-likeness (QED) is 0.786. The van der Waals surface area contributed by atoms with E-state index >= 15 is 0 Å². The minimum absolute atomic E-state index is 0.173. The Hall–Kier alpha value is -2.35. The van der Waals surface area contributed by atoms with Crippen LogP contribution in [-0.2, 0) is 11.3 Å². The van der Waals surface area contributed by atoms with Gasteiger partial charge < -0.3 is 10.4 Å². The highest BCUT2D eigenvalue weighted by molar-refractivity contribution is 5.87. The van der Waals surface area contributed by atoms with Crippen molar-refractivity contribution in [3.05, 3.63) is 35.4 Å². The number of nitrogens with zero attached hydrogens (tertiary/aromatic N) is 1. The van der Waals surface area contributed by atoms with Crippen LogP contribution in [0.1, 0.15) is 22.3 Å². The number of rotatable bonds is 4. The van der Waals surface area contributed by atoms with Gasteiger partial charge in [0.1, 0.15) is 6.42 Å². The Morgan fingerprint density at radius 3 is 2.44 bits per heavy atom. The zero-order valence-electron chi connectivity index (χ0n) is 8.43. The molecule has 16 heavy (non-hydrogen) atoms. The van der Waals surface area contributed by atoms with Gasteiger partial charge in [-0.05, 0) is 17.7 Å². The zero-order chi connectivity index (χ0) is 12.0. The molecule has 0 bridgehead atoms. The van der Waals surface area contributed by atoms with E-state index in [1.807, 2.05) is 0 Å². The van der Waals surface area contributed by atoms with Gasteiger partial charge in [-0.25, -0.2) is 4.79 Å². The number of hydrogen-bond acceptors (Lipinski definition) is 3. The van der Waals surface area contributed by atoms with Crippen LogP contribution < -0.4 is 5.32 Å². The van der Waals surface area contributed by atoms with Gasteiger partial charge in [0.25, 0.3) is 0 Å². The van der Waals surface area contributed by atoms with Gasteiger partial charge >= 0.3 is 5.97 Å². The average Bonchev–Trinajstić information content (AvgIpc) is 2.27. The lowest BCUT2D eigenvalue weighted by molar-refractivity contribution is -0.120. The topological polar surface area (TPSA) is 90.2 Å². The highest BCUT2D eigenvalue weighted by Gasteiger charge is 2.03. The molecule has 0 radical (unpaired) electrons. The Balaban J connectivity index is 2.53. The Labute approximate surface area is 92.3 Å². The van der Waals surface area contributed by atoms with Gasteiger partial charge in [-0.2, -0.15) is 5.26 Å². The first-order valence-electron chi connectivity index (χ1n) is 4.59. The maximum absolute atomic E-state index is 11.0. The predicted octanol–water partition coefficient (Wildman–Crippen LogP) is 0.915. The fourth-order valence-corrected chi connectivity index (χ4v) is 1.10. The first-order valence-corrected chi connectivity index (χ1v) is 4.59. The van der Waals surface area contributed by atoms with Crippen LogP contribution in [0, 0.1) is 11.3 Å². The minimum atomic E-state index is -0.986. The molecule has 1 aromatic rings. The lowest BCUT2D eigenvalue weighted by atomic mass is 10.1. The van der Waals surface area contributed by atoms with Crippen molar-refractivity contribution >= 4 is 11.9 Å². The molecule has 82 valence electrons. The summed E-state index contributed by atoms with van der Waals surface area (Å²) >= 11 is 0. The number of carboxylic acids is 1. The van der Waals surface area contributed by atoms with Crippen LogP contribution in [0.25, 0.3) is 0 Å². The molecule has 0 saturated carbocycles. The van der Waals surface area contributed by atoms with E-state index in [2.05, 4.69) is 5.32 Å². The molecule has 0 fully saturated rings. The summed E-state index contributed by atoms with van der Waals surface area (Å²) in [4.78, 5) is 21.5. The monoisotopic (exact) mass is 218 g/mol. The van der Waals surface area contributed by atoms with Gasteiger partial charge in [0.15, 0.2) is 0 Å². The van der Waals surface area contributed by atoms with Crippen LogP contribution in [0.5, 0.6) is 0 Å². The van der Waals surface area contributed by atoms with Crippen molar-refractivity contribution in [2.75, 3.05) is 0 Å². The number of nitriles is 1. The van der Waals surface area contributed by atoms with Crippen LogP contribution >= 0.6 is 0 Å². The molecule has 0 aliphatic heterocycles. The molecule has 0 atom stereocenters. The summed E-state index contributed by atoms with van der Waals surface area (Å²) in [7, 11) is 0. The van der Waals surface area contributed by atoms with Crippen molar-refractivity contribution in [3.8, 4) is 6.07 Å². The summed E-state index contributed by atoms with van der Waals surface area (Å²) in [6.07, 6.45) is -0.173. The Morgan fingerprint density at radius 1 is 1.31 bits per heavy atom. The minimum Gasteiger partial charge on any atom is -0.478 e.